The van der Waals surface area contributed by atoms with Gasteiger partial charge >= 0.3 is 0 Å². The van der Waals surface area contributed by atoms with Gasteiger partial charge in [0.25, 0.3) is 5.91 Å². The molecule has 0 aliphatic carbocycles. The Hall–Kier alpha value is -2.86. The minimum absolute atomic E-state index is 0.00876. The number of hydrogen-bond donors (Lipinski definition) is 2. The van der Waals surface area contributed by atoms with Crippen LogP contribution in [0.5, 0.6) is 0 Å². The molecule has 0 atom stereocenters. The Balaban J connectivity index is 1.78. The summed E-state index contributed by atoms with van der Waals surface area (Å²) >= 11 is 5.93. The number of aromatic nitrogens is 2. The first-order valence-electron chi connectivity index (χ1n) is 7.25. The van der Waals surface area contributed by atoms with Gasteiger partial charge in [0.05, 0.1) is 0 Å². The van der Waals surface area contributed by atoms with Crippen LogP contribution in [0.15, 0.2) is 46.9 Å². The fraction of sp³-hybridized carbons (Fsp3) is 0.118. The number of nitrogens with two attached hydrogens (primary N) is 1. The Kier molecular flexibility index (Phi) is 4.48. The molecule has 1 amide bonds. The number of nitrogen functional groups attached to an aromatic ring is 1. The second-order valence-electron chi connectivity index (χ2n) is 5.22. The Morgan fingerprint density at radius 3 is 2.79 bits per heavy atom. The quantitative estimate of drug-likeness (QED) is 0.759. The molecular formula is C17H15ClN4O2. The van der Waals surface area contributed by atoms with Gasteiger partial charge in [-0.2, -0.15) is 0 Å². The Bertz CT molecular complexity index is 892. The molecule has 0 spiro atoms. The lowest BCUT2D eigenvalue weighted by molar-refractivity contribution is 0.0946. The average molecular weight is 343 g/mol. The highest BCUT2D eigenvalue weighted by Crippen LogP contribution is 2.21. The summed E-state index contributed by atoms with van der Waals surface area (Å²) in [4.78, 5) is 20.4. The van der Waals surface area contributed by atoms with Gasteiger partial charge in [0, 0.05) is 11.6 Å². The second kappa shape index (κ2) is 6.72. The molecule has 24 heavy (non-hydrogen) atoms. The number of carbonyl (C=O) groups excluding carboxylic acids is 1. The van der Waals surface area contributed by atoms with Crippen LogP contribution >= 0.6 is 11.6 Å². The van der Waals surface area contributed by atoms with Crippen molar-refractivity contribution in [1.82, 2.24) is 15.3 Å². The molecule has 0 bridgehead atoms. The largest absolute Gasteiger partial charge is 0.460 e. The highest BCUT2D eigenvalue weighted by Gasteiger charge is 2.13. The number of benzene rings is 1. The normalized spacial score (nSPS) is 10.6. The lowest BCUT2D eigenvalue weighted by Crippen LogP contribution is -2.24. The van der Waals surface area contributed by atoms with Crippen LogP contribution in [-0.4, -0.2) is 15.9 Å². The van der Waals surface area contributed by atoms with Gasteiger partial charge in [-0.25, -0.2) is 9.97 Å². The van der Waals surface area contributed by atoms with E-state index in [0.717, 1.165) is 11.3 Å². The molecule has 7 heteroatoms. The van der Waals surface area contributed by atoms with Crippen LogP contribution in [0.4, 0.5) is 5.95 Å². The van der Waals surface area contributed by atoms with Crippen LogP contribution in [0.25, 0.3) is 11.5 Å². The topological polar surface area (TPSA) is 94.0 Å². The van der Waals surface area contributed by atoms with E-state index in [1.807, 2.05) is 25.1 Å². The van der Waals surface area contributed by atoms with Crippen molar-refractivity contribution >= 4 is 23.5 Å². The zero-order chi connectivity index (χ0) is 17.1. The van der Waals surface area contributed by atoms with Gasteiger partial charge in [-0.1, -0.05) is 23.7 Å². The van der Waals surface area contributed by atoms with E-state index < -0.39 is 0 Å². The summed E-state index contributed by atoms with van der Waals surface area (Å²) in [5, 5.41) is 3.39. The molecule has 0 aliphatic heterocycles. The average Bonchev–Trinajstić information content (AvgIpc) is 2.99. The Labute approximate surface area is 143 Å². The van der Waals surface area contributed by atoms with Crippen LogP contribution in [0.3, 0.4) is 0 Å². The maximum absolute atomic E-state index is 12.3. The molecule has 1 aromatic carbocycles. The molecule has 2 heterocycles. The number of carbonyl (C=O) groups is 1. The van der Waals surface area contributed by atoms with Crippen LogP contribution in [-0.2, 0) is 6.54 Å². The number of hydrogen-bond acceptors (Lipinski definition) is 5. The zero-order valence-corrected chi connectivity index (χ0v) is 13.7. The maximum atomic E-state index is 12.3. The number of halogens is 1. The van der Waals surface area contributed by atoms with E-state index in [1.165, 1.54) is 0 Å². The number of rotatable bonds is 4. The fourth-order valence-electron chi connectivity index (χ4n) is 2.20. The van der Waals surface area contributed by atoms with Crippen molar-refractivity contribution in [2.24, 2.45) is 0 Å². The molecule has 2 aromatic heterocycles. The number of nitrogens with one attached hydrogen (secondary N) is 1. The number of anilines is 1. The van der Waals surface area contributed by atoms with Gasteiger partial charge in [-0.05, 0) is 42.8 Å². The van der Waals surface area contributed by atoms with Crippen molar-refractivity contribution in [1.29, 1.82) is 0 Å². The molecule has 0 radical (unpaired) electrons. The molecule has 122 valence electrons. The third kappa shape index (κ3) is 3.72. The molecule has 0 saturated carbocycles. The third-order valence-electron chi connectivity index (χ3n) is 3.31. The Morgan fingerprint density at radius 1 is 1.25 bits per heavy atom. The summed E-state index contributed by atoms with van der Waals surface area (Å²) in [7, 11) is 0. The highest BCUT2D eigenvalue weighted by molar-refractivity contribution is 6.30. The first-order valence-corrected chi connectivity index (χ1v) is 7.63. The molecule has 3 aromatic rings. The number of amides is 1. The monoisotopic (exact) mass is 342 g/mol. The van der Waals surface area contributed by atoms with Gasteiger partial charge < -0.3 is 15.5 Å². The van der Waals surface area contributed by atoms with Gasteiger partial charge in [0.1, 0.15) is 17.1 Å². The number of aryl methyl sites for hydroxylation is 1. The SMILES string of the molecule is Cc1ccc(-c2cc(C(=O)NCc3cccc(Cl)c3)nc(N)n2)o1. The maximum Gasteiger partial charge on any atom is 0.270 e. The van der Waals surface area contributed by atoms with Gasteiger partial charge in [-0.3, -0.25) is 4.79 Å². The molecule has 3 N–H and O–H groups in total. The van der Waals surface area contributed by atoms with Crippen molar-refractivity contribution in [3.05, 3.63) is 64.5 Å². The van der Waals surface area contributed by atoms with Crippen LogP contribution in [0, 0.1) is 6.92 Å². The lowest BCUT2D eigenvalue weighted by Gasteiger charge is -2.07. The summed E-state index contributed by atoms with van der Waals surface area (Å²) < 4.78 is 5.51. The molecular weight excluding hydrogens is 328 g/mol. The smallest absolute Gasteiger partial charge is 0.270 e. The summed E-state index contributed by atoms with van der Waals surface area (Å²) in [6, 6.07) is 12.4. The predicted molar refractivity (Wildman–Crippen MR) is 91.5 cm³/mol. The van der Waals surface area contributed by atoms with E-state index in [1.54, 1.807) is 24.3 Å². The van der Waals surface area contributed by atoms with E-state index in [-0.39, 0.29) is 17.5 Å². The molecule has 0 fully saturated rings. The van der Waals surface area contributed by atoms with Gasteiger partial charge in [-0.15, -0.1) is 0 Å². The van der Waals surface area contributed by atoms with Crippen molar-refractivity contribution in [2.75, 3.05) is 5.73 Å². The first kappa shape index (κ1) is 16.0. The molecule has 0 aliphatic rings. The molecule has 3 rings (SSSR count). The summed E-state index contributed by atoms with van der Waals surface area (Å²) in [6.45, 7) is 2.16. The number of nitrogens with zero attached hydrogens (tertiary/aromatic N) is 2. The van der Waals surface area contributed by atoms with Crippen molar-refractivity contribution < 1.29 is 9.21 Å². The van der Waals surface area contributed by atoms with Crippen LogP contribution < -0.4 is 11.1 Å². The van der Waals surface area contributed by atoms with E-state index in [0.29, 0.717) is 23.0 Å². The van der Waals surface area contributed by atoms with Crippen molar-refractivity contribution in [3.63, 3.8) is 0 Å². The molecule has 0 unspecified atom stereocenters. The summed E-state index contributed by atoms with van der Waals surface area (Å²) in [6.07, 6.45) is 0. The minimum atomic E-state index is -0.353. The van der Waals surface area contributed by atoms with E-state index in [4.69, 9.17) is 21.8 Å². The highest BCUT2D eigenvalue weighted by atomic mass is 35.5. The first-order chi connectivity index (χ1) is 11.5. The van der Waals surface area contributed by atoms with Gasteiger partial charge in [0.2, 0.25) is 5.95 Å². The van der Waals surface area contributed by atoms with E-state index >= 15 is 0 Å². The lowest BCUT2D eigenvalue weighted by atomic mass is 10.2. The molecule has 6 nitrogen and oxygen atoms in total. The third-order valence-corrected chi connectivity index (χ3v) is 3.55. The summed E-state index contributed by atoms with van der Waals surface area (Å²) in [5.41, 5.74) is 7.23. The second-order valence-corrected chi connectivity index (χ2v) is 5.66. The zero-order valence-electron chi connectivity index (χ0n) is 12.9. The predicted octanol–water partition coefficient (Wildman–Crippen LogP) is 3.21. The standard InChI is InChI=1S/C17H15ClN4O2/c1-10-5-6-15(24-10)13-8-14(22-17(19)21-13)16(23)20-9-11-3-2-4-12(18)7-11/h2-8H,9H2,1H3,(H,20,23)(H2,19,21,22). The van der Waals surface area contributed by atoms with Crippen LogP contribution in [0.1, 0.15) is 21.8 Å². The summed E-state index contributed by atoms with van der Waals surface area (Å²) in [5.74, 6) is 0.933. The fourth-order valence-corrected chi connectivity index (χ4v) is 2.41. The van der Waals surface area contributed by atoms with Crippen molar-refractivity contribution in [3.8, 4) is 11.5 Å². The van der Waals surface area contributed by atoms with E-state index in [9.17, 15) is 4.79 Å². The number of furan rings is 1. The van der Waals surface area contributed by atoms with E-state index in [2.05, 4.69) is 15.3 Å². The van der Waals surface area contributed by atoms with Gasteiger partial charge in [0.15, 0.2) is 5.76 Å². The minimum Gasteiger partial charge on any atom is -0.460 e. The van der Waals surface area contributed by atoms with Crippen LogP contribution in [0.2, 0.25) is 5.02 Å². The van der Waals surface area contributed by atoms with Crippen molar-refractivity contribution in [2.45, 2.75) is 13.5 Å². The Morgan fingerprint density at radius 2 is 2.08 bits per heavy atom. The molecule has 0 saturated heterocycles.